The number of benzene rings is 7. The van der Waals surface area contributed by atoms with E-state index in [4.69, 9.17) is 8.53 Å². The second kappa shape index (κ2) is 16.9. The molecule has 0 aliphatic heterocycles. The fraction of sp³-hybridized carbons (Fsp3) is 0.0741. The van der Waals surface area contributed by atoms with Gasteiger partial charge in [0.2, 0.25) is 0 Å². The molecule has 0 N–H and O–H groups in total. The number of hydrogen-bond acceptors (Lipinski definition) is 3. The summed E-state index contributed by atoms with van der Waals surface area (Å²) in [6.07, 6.45) is 3.80. The van der Waals surface area contributed by atoms with Gasteiger partial charge >= 0.3 is 0 Å². The molecule has 0 bridgehead atoms. The molecule has 0 unspecified atom stereocenters. The van der Waals surface area contributed by atoms with E-state index in [1.807, 2.05) is 73.1 Å². The van der Waals surface area contributed by atoms with Gasteiger partial charge in [-0.2, -0.15) is 0 Å². The molecular weight excluding hydrogens is 913 g/mol. The zero-order valence-corrected chi connectivity index (χ0v) is 36.4. The maximum atomic E-state index is 7.84. The summed E-state index contributed by atoms with van der Waals surface area (Å²) >= 11 is 0. The Kier molecular flexibility index (Phi) is 10.3. The molecule has 0 saturated heterocycles. The molecule has 0 aliphatic carbocycles. The van der Waals surface area contributed by atoms with Crippen LogP contribution in [0.15, 0.2) is 187 Å². The van der Waals surface area contributed by atoms with Crippen LogP contribution >= 0.6 is 0 Å². The SMILES string of the molecule is [2H]C([2H])([2H])c1c[c-]c(-c2ccc([Si](C)(C)C)cn2)cc1-c1ccccc1.[Ir].[c-]1cc2oc3cc(-c4cccc5ccccc45)ccc3c2cc1-c1cc(-c2ccccc2)ccn1. The quantitative estimate of drug-likeness (QED) is 0.123. The van der Waals surface area contributed by atoms with Crippen LogP contribution in [0.5, 0.6) is 0 Å². The molecule has 0 atom stereocenters. The van der Waals surface area contributed by atoms with E-state index in [1.165, 1.54) is 27.1 Å². The summed E-state index contributed by atoms with van der Waals surface area (Å²) in [6.45, 7) is 4.67. The minimum Gasteiger partial charge on any atom is -0.500 e. The van der Waals surface area contributed by atoms with Crippen molar-refractivity contribution in [2.45, 2.75) is 26.5 Å². The Morgan fingerprint density at radius 1 is 0.525 bits per heavy atom. The van der Waals surface area contributed by atoms with E-state index in [9.17, 15) is 0 Å². The molecule has 3 nitrogen and oxygen atoms in total. The van der Waals surface area contributed by atoms with E-state index in [2.05, 4.69) is 145 Å². The van der Waals surface area contributed by atoms with E-state index >= 15 is 0 Å². The summed E-state index contributed by atoms with van der Waals surface area (Å²) in [5.74, 6) is 0. The van der Waals surface area contributed by atoms with E-state index < -0.39 is 14.9 Å². The Hall–Kier alpha value is -6.23. The zero-order valence-electron chi connectivity index (χ0n) is 36.0. The van der Waals surface area contributed by atoms with Crippen LogP contribution in [0, 0.1) is 19.0 Å². The number of rotatable bonds is 6. The van der Waals surface area contributed by atoms with Crippen molar-refractivity contribution in [3.8, 4) is 55.9 Å². The van der Waals surface area contributed by atoms with Crippen LogP contribution in [0.1, 0.15) is 9.68 Å². The van der Waals surface area contributed by atoms with E-state index in [0.717, 1.165) is 61.1 Å². The molecule has 0 spiro atoms. The molecule has 0 amide bonds. The standard InChI is InChI=1S/C33H20NO.C21H22NSi.Ir/c1-2-7-22(8-3-1)24-17-18-34-31(20-24)26-14-16-32-30(19-26)29-15-13-25(21-33(29)35-32)28-12-6-10-23-9-4-5-11-27(23)28;1-16-10-11-18(14-20(16)17-8-6-5-7-9-17)21-13-12-19(15-22-21)23(2,3)4;/h1-13,15-21H;5-10,12-15H,1-4H3;/q2*-1;/i;1D3;. The van der Waals surface area contributed by atoms with Gasteiger partial charge < -0.3 is 14.4 Å². The average molecular weight is 958 g/mol. The van der Waals surface area contributed by atoms with Crippen LogP contribution in [0.4, 0.5) is 0 Å². The number of hydrogen-bond donors (Lipinski definition) is 0. The van der Waals surface area contributed by atoms with Gasteiger partial charge in [0.1, 0.15) is 5.58 Å². The number of aromatic nitrogens is 2. The first kappa shape index (κ1) is 35.9. The van der Waals surface area contributed by atoms with E-state index in [1.54, 1.807) is 6.07 Å². The number of aryl methyl sites for hydroxylation is 1. The Balaban J connectivity index is 0.000000176. The minimum atomic E-state index is -2.19. The van der Waals surface area contributed by atoms with Gasteiger partial charge in [-0.25, -0.2) is 0 Å². The van der Waals surface area contributed by atoms with E-state index in [0.29, 0.717) is 11.1 Å². The molecule has 3 heterocycles. The van der Waals surface area contributed by atoms with Crippen molar-refractivity contribution in [3.63, 3.8) is 0 Å². The first-order valence-corrected chi connectivity index (χ1v) is 23.0. The maximum absolute atomic E-state index is 7.84. The fourth-order valence-corrected chi connectivity index (χ4v) is 8.43. The molecule has 289 valence electrons. The zero-order chi connectivity index (χ0) is 42.1. The first-order chi connectivity index (χ1) is 29.5. The van der Waals surface area contributed by atoms with Gasteiger partial charge in [-0.3, -0.25) is 0 Å². The average Bonchev–Trinajstić information content (AvgIpc) is 3.66. The van der Waals surface area contributed by atoms with Crippen LogP contribution < -0.4 is 5.19 Å². The van der Waals surface area contributed by atoms with Gasteiger partial charge in [0.25, 0.3) is 0 Å². The smallest absolute Gasteiger partial charge is 0.121 e. The molecule has 0 fully saturated rings. The molecule has 5 heteroatoms. The summed E-state index contributed by atoms with van der Waals surface area (Å²) in [4.78, 5) is 9.23. The Labute approximate surface area is 365 Å². The normalized spacial score (nSPS) is 12.2. The molecular formula is C54H42IrN2OSi-2. The molecule has 59 heavy (non-hydrogen) atoms. The molecule has 7 aromatic carbocycles. The molecule has 0 aliphatic rings. The van der Waals surface area contributed by atoms with Crippen molar-refractivity contribution in [1.29, 1.82) is 0 Å². The summed E-state index contributed by atoms with van der Waals surface area (Å²) in [5.41, 5.74) is 11.7. The topological polar surface area (TPSA) is 38.9 Å². The third-order valence-corrected chi connectivity index (χ3v) is 12.6. The minimum absolute atomic E-state index is 0. The Morgan fingerprint density at radius 3 is 2.02 bits per heavy atom. The van der Waals surface area contributed by atoms with Crippen molar-refractivity contribution in [1.82, 2.24) is 9.97 Å². The molecule has 1 radical (unpaired) electrons. The van der Waals surface area contributed by atoms with Crippen LogP contribution in [0.2, 0.25) is 19.6 Å². The van der Waals surface area contributed by atoms with Crippen LogP contribution in [0.3, 0.4) is 0 Å². The summed E-state index contributed by atoms with van der Waals surface area (Å²) in [5, 5.41) is 5.94. The third kappa shape index (κ3) is 8.37. The molecule has 10 rings (SSSR count). The number of fused-ring (bicyclic) bond motifs is 4. The number of nitrogens with zero attached hydrogens (tertiary/aromatic N) is 2. The third-order valence-electron chi connectivity index (χ3n) is 10.6. The van der Waals surface area contributed by atoms with Crippen molar-refractivity contribution < 1.29 is 28.6 Å². The van der Waals surface area contributed by atoms with Crippen molar-refractivity contribution in [2.75, 3.05) is 0 Å². The van der Waals surface area contributed by atoms with Crippen molar-refractivity contribution >= 4 is 46.0 Å². The van der Waals surface area contributed by atoms with Gasteiger partial charge in [0.15, 0.2) is 0 Å². The van der Waals surface area contributed by atoms with Gasteiger partial charge in [0, 0.05) is 42.0 Å². The monoisotopic (exact) mass is 958 g/mol. The van der Waals surface area contributed by atoms with Gasteiger partial charge in [-0.15, -0.1) is 53.1 Å². The maximum Gasteiger partial charge on any atom is 0.121 e. The van der Waals surface area contributed by atoms with Crippen molar-refractivity contribution in [2.24, 2.45) is 0 Å². The predicted molar refractivity (Wildman–Crippen MR) is 246 cm³/mol. The predicted octanol–water partition coefficient (Wildman–Crippen LogP) is 14.0. The Morgan fingerprint density at radius 2 is 1.25 bits per heavy atom. The van der Waals surface area contributed by atoms with Crippen LogP contribution in [-0.2, 0) is 20.1 Å². The van der Waals surface area contributed by atoms with Crippen LogP contribution in [0.25, 0.3) is 88.6 Å². The van der Waals surface area contributed by atoms with E-state index in [-0.39, 0.29) is 20.1 Å². The Bertz CT molecular complexity index is 3160. The second-order valence-electron chi connectivity index (χ2n) is 15.5. The fourth-order valence-electron chi connectivity index (χ4n) is 7.39. The van der Waals surface area contributed by atoms with Crippen LogP contribution in [-0.4, -0.2) is 18.0 Å². The molecule has 10 aromatic rings. The second-order valence-corrected chi connectivity index (χ2v) is 20.6. The summed E-state index contributed by atoms with van der Waals surface area (Å²) < 4.78 is 29.8. The summed E-state index contributed by atoms with van der Waals surface area (Å²) in [6, 6.07) is 63.7. The van der Waals surface area contributed by atoms with Gasteiger partial charge in [-0.05, 0) is 67.3 Å². The molecule has 3 aromatic heterocycles. The summed E-state index contributed by atoms with van der Waals surface area (Å²) in [7, 11) is -1.40. The molecule has 0 saturated carbocycles. The van der Waals surface area contributed by atoms with Gasteiger partial charge in [0.05, 0.1) is 13.7 Å². The van der Waals surface area contributed by atoms with Gasteiger partial charge in [-0.1, -0.05) is 171 Å². The van der Waals surface area contributed by atoms with Crippen molar-refractivity contribution in [3.05, 3.63) is 200 Å². The number of pyridine rings is 2. The first-order valence-electron chi connectivity index (χ1n) is 21.0. The largest absolute Gasteiger partial charge is 0.500 e. The number of furan rings is 1.